The maximum atomic E-state index is 14.3. The molecule has 4 aromatic rings. The first-order chi connectivity index (χ1) is 18.9. The average molecular weight is 526 g/mol. The summed E-state index contributed by atoms with van der Waals surface area (Å²) in [6, 6.07) is 21.5. The SMILES string of the molecule is COc1ccc(CN2CC(=O)N3C[C@H](c4ccccc4OC)c4c([nH]c5ccccc45)[C@@]3(C)C2=O)cc1OC. The van der Waals surface area contributed by atoms with Gasteiger partial charge >= 0.3 is 0 Å². The summed E-state index contributed by atoms with van der Waals surface area (Å²) in [5.41, 5.74) is 3.37. The highest BCUT2D eigenvalue weighted by Crippen LogP contribution is 2.49. The zero-order valence-electron chi connectivity index (χ0n) is 22.5. The van der Waals surface area contributed by atoms with E-state index in [4.69, 9.17) is 14.2 Å². The van der Waals surface area contributed by atoms with Gasteiger partial charge < -0.3 is 29.0 Å². The first-order valence-electron chi connectivity index (χ1n) is 13.0. The molecule has 3 aromatic carbocycles. The predicted molar refractivity (Wildman–Crippen MR) is 147 cm³/mol. The third-order valence-corrected chi connectivity index (χ3v) is 8.15. The molecule has 1 fully saturated rings. The highest BCUT2D eigenvalue weighted by atomic mass is 16.5. The van der Waals surface area contributed by atoms with E-state index < -0.39 is 5.54 Å². The minimum Gasteiger partial charge on any atom is -0.496 e. The van der Waals surface area contributed by atoms with Crippen molar-refractivity contribution in [3.8, 4) is 17.2 Å². The van der Waals surface area contributed by atoms with Crippen molar-refractivity contribution >= 4 is 22.7 Å². The molecule has 3 heterocycles. The number of amides is 2. The Balaban J connectivity index is 1.47. The third kappa shape index (κ3) is 3.73. The van der Waals surface area contributed by atoms with Crippen LogP contribution in [0, 0.1) is 0 Å². The van der Waals surface area contributed by atoms with E-state index in [9.17, 15) is 9.59 Å². The Kier molecular flexibility index (Phi) is 5.98. The Morgan fingerprint density at radius 3 is 2.38 bits per heavy atom. The fourth-order valence-electron chi connectivity index (χ4n) is 6.24. The Morgan fingerprint density at radius 1 is 0.897 bits per heavy atom. The summed E-state index contributed by atoms with van der Waals surface area (Å²) in [6.45, 7) is 2.51. The zero-order valence-corrected chi connectivity index (χ0v) is 22.5. The lowest BCUT2D eigenvalue weighted by atomic mass is 9.76. The van der Waals surface area contributed by atoms with Crippen LogP contribution in [0.1, 0.15) is 35.2 Å². The number of carbonyl (C=O) groups excluding carboxylic acids is 2. The highest BCUT2D eigenvalue weighted by Gasteiger charge is 2.56. The first-order valence-corrected chi connectivity index (χ1v) is 13.0. The molecule has 6 rings (SSSR count). The number of benzene rings is 3. The number of fused-ring (bicyclic) bond motifs is 5. The number of para-hydroxylation sites is 2. The topological polar surface area (TPSA) is 84.1 Å². The summed E-state index contributed by atoms with van der Waals surface area (Å²) in [4.78, 5) is 35.1. The van der Waals surface area contributed by atoms with Crippen molar-refractivity contribution < 1.29 is 23.8 Å². The van der Waals surface area contributed by atoms with Gasteiger partial charge in [0.1, 0.15) is 12.3 Å². The zero-order chi connectivity index (χ0) is 27.3. The number of nitrogens with one attached hydrogen (secondary N) is 1. The minimum absolute atomic E-state index is 0.00300. The van der Waals surface area contributed by atoms with Crippen molar-refractivity contribution in [1.29, 1.82) is 0 Å². The molecule has 0 bridgehead atoms. The second-order valence-corrected chi connectivity index (χ2v) is 10.2. The maximum Gasteiger partial charge on any atom is 0.255 e. The molecule has 2 aliphatic heterocycles. The average Bonchev–Trinajstić information content (AvgIpc) is 3.36. The monoisotopic (exact) mass is 525 g/mol. The summed E-state index contributed by atoms with van der Waals surface area (Å²) in [5, 5.41) is 1.04. The summed E-state index contributed by atoms with van der Waals surface area (Å²) < 4.78 is 16.5. The number of rotatable bonds is 6. The minimum atomic E-state index is -1.18. The molecule has 0 spiro atoms. The van der Waals surface area contributed by atoms with Crippen molar-refractivity contribution in [2.24, 2.45) is 0 Å². The van der Waals surface area contributed by atoms with Crippen LogP contribution in [0.25, 0.3) is 10.9 Å². The molecule has 39 heavy (non-hydrogen) atoms. The highest BCUT2D eigenvalue weighted by molar-refractivity contribution is 6.01. The lowest BCUT2D eigenvalue weighted by molar-refractivity contribution is -0.166. The molecule has 1 saturated heterocycles. The van der Waals surface area contributed by atoms with Crippen LogP contribution in [0.3, 0.4) is 0 Å². The molecule has 1 N–H and O–H groups in total. The summed E-state index contributed by atoms with van der Waals surface area (Å²) in [6.07, 6.45) is 0. The van der Waals surface area contributed by atoms with Crippen LogP contribution >= 0.6 is 0 Å². The number of methoxy groups -OCH3 is 3. The summed E-state index contributed by atoms with van der Waals surface area (Å²) >= 11 is 0. The van der Waals surface area contributed by atoms with Crippen LogP contribution in [0.4, 0.5) is 0 Å². The Hall–Kier alpha value is -4.46. The van der Waals surface area contributed by atoms with E-state index in [0.29, 0.717) is 18.0 Å². The molecule has 0 radical (unpaired) electrons. The molecule has 2 atom stereocenters. The van der Waals surface area contributed by atoms with Gasteiger partial charge in [0.25, 0.3) is 5.91 Å². The van der Waals surface area contributed by atoms with Crippen LogP contribution in [0.5, 0.6) is 17.2 Å². The number of aromatic nitrogens is 1. The molecule has 8 nitrogen and oxygen atoms in total. The van der Waals surface area contributed by atoms with Gasteiger partial charge in [-0.3, -0.25) is 9.59 Å². The second kappa shape index (κ2) is 9.38. The molecule has 1 aromatic heterocycles. The normalized spacial score (nSPS) is 20.6. The van der Waals surface area contributed by atoms with Crippen molar-refractivity contribution in [3.05, 3.63) is 89.1 Å². The lowest BCUT2D eigenvalue weighted by Crippen LogP contribution is -2.67. The van der Waals surface area contributed by atoms with E-state index in [2.05, 4.69) is 11.1 Å². The molecule has 2 aliphatic rings. The number of nitrogens with zero attached hydrogens (tertiary/aromatic N) is 2. The van der Waals surface area contributed by atoms with Gasteiger partial charge in [0.05, 0.1) is 27.0 Å². The van der Waals surface area contributed by atoms with Crippen molar-refractivity contribution in [2.45, 2.75) is 24.9 Å². The molecule has 200 valence electrons. The van der Waals surface area contributed by atoms with Crippen LogP contribution in [0.2, 0.25) is 0 Å². The van der Waals surface area contributed by atoms with Crippen LogP contribution < -0.4 is 14.2 Å². The summed E-state index contributed by atoms with van der Waals surface area (Å²) in [5.74, 6) is 1.57. The number of ether oxygens (including phenoxy) is 3. The first kappa shape index (κ1) is 24.9. The number of piperazine rings is 1. The Morgan fingerprint density at radius 2 is 1.62 bits per heavy atom. The second-order valence-electron chi connectivity index (χ2n) is 10.2. The van der Waals surface area contributed by atoms with Gasteiger partial charge in [0.2, 0.25) is 5.91 Å². The molecular formula is C31H31N3O5. The van der Waals surface area contributed by atoms with Gasteiger partial charge in [-0.15, -0.1) is 0 Å². The van der Waals surface area contributed by atoms with Crippen LogP contribution in [0.15, 0.2) is 66.7 Å². The quantitative estimate of drug-likeness (QED) is 0.403. The molecular weight excluding hydrogens is 494 g/mol. The van der Waals surface area contributed by atoms with Crippen molar-refractivity contribution in [1.82, 2.24) is 14.8 Å². The van der Waals surface area contributed by atoms with Gasteiger partial charge in [-0.05, 0) is 42.3 Å². The third-order valence-electron chi connectivity index (χ3n) is 8.15. The van der Waals surface area contributed by atoms with E-state index in [1.807, 2.05) is 67.6 Å². The van der Waals surface area contributed by atoms with Gasteiger partial charge in [-0.25, -0.2) is 0 Å². The van der Waals surface area contributed by atoms with Crippen molar-refractivity contribution in [3.63, 3.8) is 0 Å². The number of hydrogen-bond donors (Lipinski definition) is 1. The summed E-state index contributed by atoms with van der Waals surface area (Å²) in [7, 11) is 4.82. The predicted octanol–water partition coefficient (Wildman–Crippen LogP) is 4.43. The maximum absolute atomic E-state index is 14.3. The smallest absolute Gasteiger partial charge is 0.255 e. The number of aromatic amines is 1. The Labute approximate surface area is 227 Å². The van der Waals surface area contributed by atoms with Gasteiger partial charge in [0, 0.05) is 35.5 Å². The van der Waals surface area contributed by atoms with E-state index >= 15 is 0 Å². The largest absolute Gasteiger partial charge is 0.496 e. The number of carbonyl (C=O) groups is 2. The molecule has 8 heteroatoms. The number of H-pyrrole nitrogens is 1. The number of hydrogen-bond acceptors (Lipinski definition) is 5. The van der Waals surface area contributed by atoms with Gasteiger partial charge in [-0.2, -0.15) is 0 Å². The van der Waals surface area contributed by atoms with Gasteiger partial charge in [-0.1, -0.05) is 42.5 Å². The van der Waals surface area contributed by atoms with E-state index in [-0.39, 0.29) is 30.8 Å². The standard InChI is InChI=1S/C31H31N3O5/c1-31-29-28(21-10-5-7-11-23(21)32-29)22(20-9-6-8-12-24(20)37-2)17-34(31)27(35)18-33(30(31)36)16-19-13-14-25(38-3)26(15-19)39-4/h5-15,22,32H,16-18H2,1-4H3/t22-,31+/m1/s1. The van der Waals surface area contributed by atoms with Crippen LogP contribution in [-0.2, 0) is 21.7 Å². The van der Waals surface area contributed by atoms with Crippen molar-refractivity contribution in [2.75, 3.05) is 34.4 Å². The van der Waals surface area contributed by atoms with E-state index in [0.717, 1.165) is 39.0 Å². The fraction of sp³-hybridized carbons (Fsp3) is 0.290. The molecule has 0 aliphatic carbocycles. The molecule has 2 amide bonds. The molecule has 0 saturated carbocycles. The van der Waals surface area contributed by atoms with E-state index in [1.54, 1.807) is 31.1 Å². The fourth-order valence-corrected chi connectivity index (χ4v) is 6.24. The van der Waals surface area contributed by atoms with E-state index in [1.165, 1.54) is 0 Å². The van der Waals surface area contributed by atoms with Gasteiger partial charge in [0.15, 0.2) is 17.0 Å². The van der Waals surface area contributed by atoms with Crippen LogP contribution in [-0.4, -0.2) is 61.0 Å². The Bertz CT molecular complexity index is 1590. The molecule has 0 unspecified atom stereocenters. The lowest BCUT2D eigenvalue weighted by Gasteiger charge is -2.51.